The van der Waals surface area contributed by atoms with Gasteiger partial charge in [0.1, 0.15) is 0 Å². The first-order chi connectivity index (χ1) is 7.04. The molecule has 0 heterocycles. The van der Waals surface area contributed by atoms with Crippen LogP contribution in [-0.4, -0.2) is 6.21 Å². The van der Waals surface area contributed by atoms with Gasteiger partial charge in [0.15, 0.2) is 0 Å². The standard InChI is InChI=1S/C10H11F3N2/c1-2-7-14-15-9-5-3-8(4-6-9)10(11,12)13/h3-7,15H,2H2,1H3. The van der Waals surface area contributed by atoms with Crippen molar-refractivity contribution in [2.75, 3.05) is 5.43 Å². The molecule has 0 fully saturated rings. The second-order valence-electron chi connectivity index (χ2n) is 2.91. The fourth-order valence-corrected chi connectivity index (χ4v) is 0.945. The highest BCUT2D eigenvalue weighted by Gasteiger charge is 2.29. The summed E-state index contributed by atoms with van der Waals surface area (Å²) in [6.07, 6.45) is -1.88. The number of rotatable bonds is 3. The third-order valence-corrected chi connectivity index (χ3v) is 1.68. The first-order valence-corrected chi connectivity index (χ1v) is 4.49. The number of nitrogens with one attached hydrogen (secondary N) is 1. The van der Waals surface area contributed by atoms with Gasteiger partial charge in [-0.05, 0) is 30.7 Å². The lowest BCUT2D eigenvalue weighted by molar-refractivity contribution is -0.137. The van der Waals surface area contributed by atoms with Crippen LogP contribution in [0.15, 0.2) is 29.4 Å². The Balaban J connectivity index is 2.69. The van der Waals surface area contributed by atoms with Crippen LogP contribution in [0.4, 0.5) is 18.9 Å². The SMILES string of the molecule is CCC=NNc1ccc(C(F)(F)F)cc1. The number of alkyl halides is 3. The molecule has 0 atom stereocenters. The summed E-state index contributed by atoms with van der Waals surface area (Å²) in [5, 5.41) is 3.80. The molecule has 1 rings (SSSR count). The average Bonchev–Trinajstić information content (AvgIpc) is 2.18. The maximum absolute atomic E-state index is 12.2. The van der Waals surface area contributed by atoms with Gasteiger partial charge in [-0.2, -0.15) is 18.3 Å². The van der Waals surface area contributed by atoms with Crippen molar-refractivity contribution in [3.8, 4) is 0 Å². The lowest BCUT2D eigenvalue weighted by atomic mass is 10.2. The molecule has 1 aromatic rings. The molecule has 0 saturated carbocycles. The number of hydrazone groups is 1. The van der Waals surface area contributed by atoms with Crippen LogP contribution in [0.5, 0.6) is 0 Å². The number of nitrogens with zero attached hydrogens (tertiary/aromatic N) is 1. The highest BCUT2D eigenvalue weighted by Crippen LogP contribution is 2.29. The Bertz CT molecular complexity index is 328. The Kier molecular flexibility index (Phi) is 3.71. The van der Waals surface area contributed by atoms with E-state index in [1.54, 1.807) is 6.21 Å². The summed E-state index contributed by atoms with van der Waals surface area (Å²) in [5.74, 6) is 0. The van der Waals surface area contributed by atoms with Crippen LogP contribution in [-0.2, 0) is 6.18 Å². The van der Waals surface area contributed by atoms with Crippen LogP contribution in [0.3, 0.4) is 0 Å². The number of hydrogen-bond donors (Lipinski definition) is 1. The molecule has 0 aliphatic carbocycles. The summed E-state index contributed by atoms with van der Waals surface area (Å²) in [4.78, 5) is 0. The Morgan fingerprint density at radius 1 is 1.27 bits per heavy atom. The van der Waals surface area contributed by atoms with E-state index < -0.39 is 11.7 Å². The van der Waals surface area contributed by atoms with Gasteiger partial charge in [0.25, 0.3) is 0 Å². The fourth-order valence-electron chi connectivity index (χ4n) is 0.945. The third kappa shape index (κ3) is 3.61. The van der Waals surface area contributed by atoms with E-state index in [-0.39, 0.29) is 0 Å². The van der Waals surface area contributed by atoms with Gasteiger partial charge >= 0.3 is 6.18 Å². The van der Waals surface area contributed by atoms with Crippen LogP contribution >= 0.6 is 0 Å². The predicted molar refractivity (Wildman–Crippen MR) is 53.8 cm³/mol. The average molecular weight is 216 g/mol. The Labute approximate surface area is 85.8 Å². The summed E-state index contributed by atoms with van der Waals surface area (Å²) in [7, 11) is 0. The lowest BCUT2D eigenvalue weighted by Gasteiger charge is -2.06. The minimum Gasteiger partial charge on any atom is -0.279 e. The molecular weight excluding hydrogens is 205 g/mol. The lowest BCUT2D eigenvalue weighted by Crippen LogP contribution is -2.04. The summed E-state index contributed by atoms with van der Waals surface area (Å²) in [5.41, 5.74) is 2.50. The molecule has 82 valence electrons. The highest BCUT2D eigenvalue weighted by atomic mass is 19.4. The molecule has 0 saturated heterocycles. The van der Waals surface area contributed by atoms with Gasteiger partial charge in [0.05, 0.1) is 11.3 Å². The van der Waals surface area contributed by atoms with E-state index in [0.29, 0.717) is 5.69 Å². The summed E-state index contributed by atoms with van der Waals surface area (Å²) in [6, 6.07) is 4.72. The molecule has 0 aliphatic rings. The highest BCUT2D eigenvalue weighted by molar-refractivity contribution is 5.59. The molecule has 0 unspecified atom stereocenters. The van der Waals surface area contributed by atoms with E-state index in [2.05, 4.69) is 10.5 Å². The monoisotopic (exact) mass is 216 g/mol. The minimum atomic E-state index is -4.29. The Morgan fingerprint density at radius 3 is 2.33 bits per heavy atom. The number of anilines is 1. The van der Waals surface area contributed by atoms with Crippen molar-refractivity contribution in [3.63, 3.8) is 0 Å². The van der Waals surface area contributed by atoms with Crippen LogP contribution in [0.2, 0.25) is 0 Å². The van der Waals surface area contributed by atoms with Gasteiger partial charge in [-0.3, -0.25) is 5.43 Å². The zero-order valence-electron chi connectivity index (χ0n) is 8.17. The molecule has 15 heavy (non-hydrogen) atoms. The smallest absolute Gasteiger partial charge is 0.279 e. The molecule has 1 aromatic carbocycles. The van der Waals surface area contributed by atoms with E-state index in [1.165, 1.54) is 12.1 Å². The Morgan fingerprint density at radius 2 is 1.87 bits per heavy atom. The van der Waals surface area contributed by atoms with E-state index in [4.69, 9.17) is 0 Å². The number of benzene rings is 1. The van der Waals surface area contributed by atoms with Crippen molar-refractivity contribution in [1.29, 1.82) is 0 Å². The first kappa shape index (κ1) is 11.6. The van der Waals surface area contributed by atoms with E-state index >= 15 is 0 Å². The van der Waals surface area contributed by atoms with E-state index in [1.807, 2.05) is 6.92 Å². The van der Waals surface area contributed by atoms with Gasteiger partial charge in [0.2, 0.25) is 0 Å². The maximum Gasteiger partial charge on any atom is 0.416 e. The summed E-state index contributed by atoms with van der Waals surface area (Å²) >= 11 is 0. The molecule has 0 bridgehead atoms. The molecule has 0 spiro atoms. The van der Waals surface area contributed by atoms with Crippen LogP contribution in [0.25, 0.3) is 0 Å². The zero-order valence-corrected chi connectivity index (χ0v) is 8.17. The van der Waals surface area contributed by atoms with Gasteiger partial charge in [0, 0.05) is 6.21 Å². The fraction of sp³-hybridized carbons (Fsp3) is 0.300. The minimum absolute atomic E-state index is 0.535. The van der Waals surface area contributed by atoms with E-state index in [9.17, 15) is 13.2 Å². The zero-order chi connectivity index (χ0) is 11.3. The van der Waals surface area contributed by atoms with Crippen LogP contribution in [0, 0.1) is 0 Å². The molecular formula is C10H11F3N2. The Hall–Kier alpha value is -1.52. The molecule has 5 heteroatoms. The molecule has 2 nitrogen and oxygen atoms in total. The van der Waals surface area contributed by atoms with Crippen LogP contribution < -0.4 is 5.43 Å². The topological polar surface area (TPSA) is 24.4 Å². The van der Waals surface area contributed by atoms with Crippen molar-refractivity contribution >= 4 is 11.9 Å². The van der Waals surface area contributed by atoms with Gasteiger partial charge in [-0.1, -0.05) is 6.92 Å². The van der Waals surface area contributed by atoms with Gasteiger partial charge < -0.3 is 0 Å². The largest absolute Gasteiger partial charge is 0.416 e. The van der Waals surface area contributed by atoms with Crippen molar-refractivity contribution in [1.82, 2.24) is 0 Å². The second-order valence-corrected chi connectivity index (χ2v) is 2.91. The van der Waals surface area contributed by atoms with Crippen molar-refractivity contribution in [2.45, 2.75) is 19.5 Å². The molecule has 0 amide bonds. The molecule has 0 radical (unpaired) electrons. The second kappa shape index (κ2) is 4.82. The quantitative estimate of drug-likeness (QED) is 0.606. The molecule has 0 aromatic heterocycles. The third-order valence-electron chi connectivity index (χ3n) is 1.68. The van der Waals surface area contributed by atoms with Crippen molar-refractivity contribution in [2.24, 2.45) is 5.10 Å². The van der Waals surface area contributed by atoms with E-state index in [0.717, 1.165) is 18.6 Å². The van der Waals surface area contributed by atoms with Crippen molar-refractivity contribution in [3.05, 3.63) is 29.8 Å². The molecule has 0 aliphatic heterocycles. The molecule has 1 N–H and O–H groups in total. The number of halogens is 3. The maximum atomic E-state index is 12.2. The van der Waals surface area contributed by atoms with Gasteiger partial charge in [-0.25, -0.2) is 0 Å². The van der Waals surface area contributed by atoms with Gasteiger partial charge in [-0.15, -0.1) is 0 Å². The first-order valence-electron chi connectivity index (χ1n) is 4.49. The summed E-state index contributed by atoms with van der Waals surface area (Å²) < 4.78 is 36.5. The predicted octanol–water partition coefficient (Wildman–Crippen LogP) is 3.51. The number of hydrogen-bond acceptors (Lipinski definition) is 2. The van der Waals surface area contributed by atoms with Crippen molar-refractivity contribution < 1.29 is 13.2 Å². The summed E-state index contributed by atoms with van der Waals surface area (Å²) in [6.45, 7) is 1.91. The normalized spacial score (nSPS) is 12.0. The van der Waals surface area contributed by atoms with Crippen LogP contribution in [0.1, 0.15) is 18.9 Å².